The summed E-state index contributed by atoms with van der Waals surface area (Å²) in [5.41, 5.74) is 8.70. The summed E-state index contributed by atoms with van der Waals surface area (Å²) in [6.45, 7) is 10.3. The van der Waals surface area contributed by atoms with Crippen LogP contribution in [0.25, 0.3) is 0 Å². The molecule has 0 fully saturated rings. The van der Waals surface area contributed by atoms with E-state index >= 15 is 0 Å². The summed E-state index contributed by atoms with van der Waals surface area (Å²) < 4.78 is 5.67. The molecule has 2 aromatic carbocycles. The molecule has 2 amide bonds. The van der Waals surface area contributed by atoms with Gasteiger partial charge in [0.25, 0.3) is 0 Å². The lowest BCUT2D eigenvalue weighted by Gasteiger charge is -2.25. The van der Waals surface area contributed by atoms with Crippen LogP contribution < -0.4 is 15.8 Å². The fourth-order valence-corrected chi connectivity index (χ4v) is 4.48. The Bertz CT molecular complexity index is 1070. The highest BCUT2D eigenvalue weighted by atomic mass is 16.5. The van der Waals surface area contributed by atoms with Crippen molar-refractivity contribution < 1.29 is 19.1 Å². The SMILES string of the molecule is CCCCCC(CC(=O)Nc1cc(C(N)=O)ccc1C(C)(C)C)c1ccc(C(=O)CCC)cc1OC. The Morgan fingerprint density at radius 2 is 1.67 bits per heavy atom. The number of rotatable bonds is 13. The van der Waals surface area contributed by atoms with Crippen LogP contribution in [0.1, 0.15) is 117 Å². The fourth-order valence-electron chi connectivity index (χ4n) is 4.48. The van der Waals surface area contributed by atoms with E-state index in [1.54, 1.807) is 25.3 Å². The Balaban J connectivity index is 2.37. The van der Waals surface area contributed by atoms with Gasteiger partial charge >= 0.3 is 0 Å². The molecule has 3 N–H and O–H groups in total. The topological polar surface area (TPSA) is 98.5 Å². The van der Waals surface area contributed by atoms with E-state index in [4.69, 9.17) is 10.5 Å². The monoisotopic (exact) mass is 494 g/mol. The van der Waals surface area contributed by atoms with E-state index < -0.39 is 5.91 Å². The lowest BCUT2D eigenvalue weighted by Crippen LogP contribution is -2.22. The number of primary amides is 1. The maximum absolute atomic E-state index is 13.3. The van der Waals surface area contributed by atoms with Gasteiger partial charge in [-0.15, -0.1) is 0 Å². The third-order valence-electron chi connectivity index (χ3n) is 6.45. The van der Waals surface area contributed by atoms with E-state index in [1.807, 2.05) is 25.1 Å². The minimum atomic E-state index is -0.536. The molecule has 0 saturated carbocycles. The van der Waals surface area contributed by atoms with Crippen LogP contribution >= 0.6 is 0 Å². The van der Waals surface area contributed by atoms with Gasteiger partial charge in [-0.1, -0.05) is 72.1 Å². The molecule has 1 unspecified atom stereocenters. The Morgan fingerprint density at radius 1 is 0.972 bits per heavy atom. The quantitative estimate of drug-likeness (QED) is 0.237. The number of methoxy groups -OCH3 is 1. The average Bonchev–Trinajstić information content (AvgIpc) is 2.82. The summed E-state index contributed by atoms with van der Waals surface area (Å²) in [6.07, 6.45) is 5.50. The standard InChI is InChI=1S/C30H42N2O4/c1-7-9-10-12-20(23-15-13-21(18-27(23)36-6)26(33)11-8-2)19-28(34)32-25-17-22(29(31)35)14-16-24(25)30(3,4)5/h13-18,20H,7-12,19H2,1-6H3,(H2,31,35)(H,32,34). The number of nitrogens with one attached hydrogen (secondary N) is 1. The predicted octanol–water partition coefficient (Wildman–Crippen LogP) is 6.77. The number of ketones is 1. The second-order valence-electron chi connectivity index (χ2n) is 10.4. The summed E-state index contributed by atoms with van der Waals surface area (Å²) in [5, 5.41) is 3.05. The van der Waals surface area contributed by atoms with Gasteiger partial charge in [0.2, 0.25) is 11.8 Å². The summed E-state index contributed by atoms with van der Waals surface area (Å²) >= 11 is 0. The summed E-state index contributed by atoms with van der Waals surface area (Å²) in [7, 11) is 1.60. The first-order chi connectivity index (χ1) is 17.0. The predicted molar refractivity (Wildman–Crippen MR) is 146 cm³/mol. The van der Waals surface area contributed by atoms with Crippen molar-refractivity contribution in [3.8, 4) is 5.75 Å². The van der Waals surface area contributed by atoms with Crippen LogP contribution in [0.5, 0.6) is 5.75 Å². The Hall–Kier alpha value is -3.15. The zero-order chi connectivity index (χ0) is 26.9. The molecule has 36 heavy (non-hydrogen) atoms. The van der Waals surface area contributed by atoms with Gasteiger partial charge in [-0.3, -0.25) is 14.4 Å². The number of hydrogen-bond acceptors (Lipinski definition) is 4. The number of Topliss-reactive ketones (excluding diaryl/α,β-unsaturated/α-hetero) is 1. The summed E-state index contributed by atoms with van der Waals surface area (Å²) in [5.74, 6) is -0.0223. The number of anilines is 1. The van der Waals surface area contributed by atoms with Gasteiger partial charge in [-0.25, -0.2) is 0 Å². The molecule has 0 heterocycles. The molecule has 6 heteroatoms. The first-order valence-electron chi connectivity index (χ1n) is 13.0. The van der Waals surface area contributed by atoms with Crippen LogP contribution in [0.3, 0.4) is 0 Å². The minimum absolute atomic E-state index is 0.0702. The van der Waals surface area contributed by atoms with Crippen molar-refractivity contribution in [3.05, 3.63) is 58.7 Å². The number of nitrogens with two attached hydrogens (primary N) is 1. The van der Waals surface area contributed by atoms with Crippen LogP contribution in [-0.2, 0) is 10.2 Å². The number of carbonyl (C=O) groups excluding carboxylic acids is 3. The molecule has 1 atom stereocenters. The zero-order valence-corrected chi connectivity index (χ0v) is 22.7. The molecule has 0 aliphatic rings. The van der Waals surface area contributed by atoms with E-state index in [-0.39, 0.29) is 29.4 Å². The molecule has 196 valence electrons. The molecule has 2 rings (SSSR count). The van der Waals surface area contributed by atoms with Crippen molar-refractivity contribution in [2.24, 2.45) is 5.73 Å². The zero-order valence-electron chi connectivity index (χ0n) is 22.7. The van der Waals surface area contributed by atoms with Gasteiger partial charge < -0.3 is 15.8 Å². The maximum atomic E-state index is 13.3. The lowest BCUT2D eigenvalue weighted by atomic mass is 9.84. The van der Waals surface area contributed by atoms with E-state index in [9.17, 15) is 14.4 Å². The molecule has 0 aliphatic heterocycles. The van der Waals surface area contributed by atoms with Gasteiger partial charge in [0, 0.05) is 29.7 Å². The number of amides is 2. The molecule has 0 saturated heterocycles. The summed E-state index contributed by atoms with van der Waals surface area (Å²) in [6, 6.07) is 10.8. The van der Waals surface area contributed by atoms with E-state index in [0.29, 0.717) is 29.0 Å². The Kier molecular flexibility index (Phi) is 10.7. The lowest BCUT2D eigenvalue weighted by molar-refractivity contribution is -0.116. The summed E-state index contributed by atoms with van der Waals surface area (Å²) in [4.78, 5) is 37.5. The number of hydrogen-bond donors (Lipinski definition) is 2. The van der Waals surface area contributed by atoms with Gasteiger partial charge in [-0.2, -0.15) is 0 Å². The fraction of sp³-hybridized carbons (Fsp3) is 0.500. The van der Waals surface area contributed by atoms with Crippen molar-refractivity contribution in [2.75, 3.05) is 12.4 Å². The maximum Gasteiger partial charge on any atom is 0.248 e. The molecule has 0 radical (unpaired) electrons. The molecule has 2 aromatic rings. The highest BCUT2D eigenvalue weighted by molar-refractivity contribution is 5.98. The van der Waals surface area contributed by atoms with Crippen LogP contribution in [0, 0.1) is 0 Å². The number of ether oxygens (including phenoxy) is 1. The first kappa shape index (κ1) is 29.1. The van der Waals surface area contributed by atoms with Crippen LogP contribution in [-0.4, -0.2) is 24.7 Å². The van der Waals surface area contributed by atoms with Crippen molar-refractivity contribution >= 4 is 23.3 Å². The Labute approximate surface area is 216 Å². The second kappa shape index (κ2) is 13.2. The number of carbonyl (C=O) groups is 3. The molecule has 0 spiro atoms. The van der Waals surface area contributed by atoms with Crippen molar-refractivity contribution in [3.63, 3.8) is 0 Å². The Morgan fingerprint density at radius 3 is 2.25 bits per heavy atom. The minimum Gasteiger partial charge on any atom is -0.496 e. The highest BCUT2D eigenvalue weighted by Gasteiger charge is 2.24. The van der Waals surface area contributed by atoms with Gasteiger partial charge in [0.05, 0.1) is 7.11 Å². The third-order valence-corrected chi connectivity index (χ3v) is 6.45. The van der Waals surface area contributed by atoms with Crippen LogP contribution in [0.2, 0.25) is 0 Å². The van der Waals surface area contributed by atoms with E-state index in [0.717, 1.165) is 43.2 Å². The molecular weight excluding hydrogens is 452 g/mol. The molecule has 0 aromatic heterocycles. The molecule has 0 aliphatic carbocycles. The first-order valence-corrected chi connectivity index (χ1v) is 13.0. The largest absolute Gasteiger partial charge is 0.496 e. The van der Waals surface area contributed by atoms with Gasteiger partial charge in [0.15, 0.2) is 5.78 Å². The van der Waals surface area contributed by atoms with Gasteiger partial charge in [0.1, 0.15) is 5.75 Å². The van der Waals surface area contributed by atoms with Crippen molar-refractivity contribution in [1.82, 2.24) is 0 Å². The molecular formula is C30H42N2O4. The number of unbranched alkanes of at least 4 members (excludes halogenated alkanes) is 2. The van der Waals surface area contributed by atoms with Crippen LogP contribution in [0.4, 0.5) is 5.69 Å². The van der Waals surface area contributed by atoms with Crippen molar-refractivity contribution in [1.29, 1.82) is 0 Å². The van der Waals surface area contributed by atoms with E-state index in [1.165, 1.54) is 0 Å². The molecule has 0 bridgehead atoms. The average molecular weight is 495 g/mol. The van der Waals surface area contributed by atoms with E-state index in [2.05, 4.69) is 33.0 Å². The third kappa shape index (κ3) is 7.94. The smallest absolute Gasteiger partial charge is 0.248 e. The normalized spacial score (nSPS) is 12.2. The van der Waals surface area contributed by atoms with Crippen LogP contribution in [0.15, 0.2) is 36.4 Å². The highest BCUT2D eigenvalue weighted by Crippen LogP contribution is 2.35. The second-order valence-corrected chi connectivity index (χ2v) is 10.4. The molecule has 6 nitrogen and oxygen atoms in total. The van der Waals surface area contributed by atoms with Crippen molar-refractivity contribution in [2.45, 2.75) is 90.9 Å². The number of benzene rings is 2. The van der Waals surface area contributed by atoms with Gasteiger partial charge in [-0.05, 0) is 53.5 Å².